The van der Waals surface area contributed by atoms with Crippen LogP contribution >= 0.6 is 0 Å². The molecule has 0 bridgehead atoms. The van der Waals surface area contributed by atoms with Crippen molar-refractivity contribution in [3.8, 4) is 0 Å². The molecule has 3 aromatic rings. The molecule has 5 rings (SSSR count). The summed E-state index contributed by atoms with van der Waals surface area (Å²) in [6.07, 6.45) is 7.42. The Balaban J connectivity index is 1.40. The highest BCUT2D eigenvalue weighted by Gasteiger charge is 2.27. The van der Waals surface area contributed by atoms with Gasteiger partial charge in [-0.1, -0.05) is 12.1 Å². The number of anilines is 2. The number of nitrogen functional groups attached to an aromatic ring is 1. The molecule has 11 heteroatoms. The first-order valence-corrected chi connectivity index (χ1v) is 10.5. The molecule has 172 valence electrons. The number of hydrazine groups is 2. The molecule has 0 unspecified atom stereocenters. The Morgan fingerprint density at radius 1 is 1.15 bits per heavy atom. The van der Waals surface area contributed by atoms with Crippen LogP contribution in [-0.2, 0) is 0 Å². The summed E-state index contributed by atoms with van der Waals surface area (Å²) in [5, 5.41) is 5.41. The third-order valence-corrected chi connectivity index (χ3v) is 5.66. The van der Waals surface area contributed by atoms with Gasteiger partial charge in [0.05, 0.1) is 5.56 Å². The summed E-state index contributed by atoms with van der Waals surface area (Å²) in [4.78, 5) is 22.7. The molecular formula is C23H20F2N8O. The van der Waals surface area contributed by atoms with E-state index in [0.29, 0.717) is 30.6 Å². The molecule has 2 aromatic heterocycles. The minimum Gasteiger partial charge on any atom is -0.383 e. The van der Waals surface area contributed by atoms with Crippen LogP contribution in [0.3, 0.4) is 0 Å². The first-order chi connectivity index (χ1) is 16.5. The molecule has 1 amide bonds. The number of carbonyl (C=O) groups is 1. The van der Waals surface area contributed by atoms with Gasteiger partial charge in [-0.25, -0.2) is 24.3 Å². The summed E-state index contributed by atoms with van der Waals surface area (Å²) in [5.74, 6) is -1.64. The van der Waals surface area contributed by atoms with E-state index in [1.54, 1.807) is 41.7 Å². The number of nitrogens with zero attached hydrogens (tertiary/aromatic N) is 5. The molecule has 0 fully saturated rings. The summed E-state index contributed by atoms with van der Waals surface area (Å²) >= 11 is 0. The summed E-state index contributed by atoms with van der Waals surface area (Å²) < 4.78 is 28.2. The van der Waals surface area contributed by atoms with E-state index in [1.807, 2.05) is 6.08 Å². The zero-order chi connectivity index (χ0) is 23.7. The lowest BCUT2D eigenvalue weighted by molar-refractivity contribution is 0.0772. The molecule has 34 heavy (non-hydrogen) atoms. The third-order valence-electron chi connectivity index (χ3n) is 5.66. The number of rotatable bonds is 4. The highest BCUT2D eigenvalue weighted by molar-refractivity contribution is 6.12. The van der Waals surface area contributed by atoms with E-state index in [4.69, 9.17) is 5.73 Å². The molecular weight excluding hydrogens is 442 g/mol. The summed E-state index contributed by atoms with van der Waals surface area (Å²) in [7, 11) is 0. The molecule has 9 nitrogen and oxygen atoms in total. The van der Waals surface area contributed by atoms with Gasteiger partial charge in [0.1, 0.15) is 11.5 Å². The molecule has 0 saturated heterocycles. The average molecular weight is 462 g/mol. The number of hydrogen-bond donors (Lipinski definition) is 3. The zero-order valence-corrected chi connectivity index (χ0v) is 17.9. The maximum absolute atomic E-state index is 14.4. The van der Waals surface area contributed by atoms with Crippen LogP contribution in [0.2, 0.25) is 0 Å². The number of nitrogens with one attached hydrogen (secondary N) is 2. The van der Waals surface area contributed by atoms with E-state index in [9.17, 15) is 13.6 Å². The summed E-state index contributed by atoms with van der Waals surface area (Å²) in [6.45, 7) is 0.984. The van der Waals surface area contributed by atoms with Crippen molar-refractivity contribution in [2.45, 2.75) is 6.42 Å². The van der Waals surface area contributed by atoms with E-state index in [0.717, 1.165) is 17.2 Å². The van der Waals surface area contributed by atoms with Crippen molar-refractivity contribution in [1.82, 2.24) is 25.9 Å². The van der Waals surface area contributed by atoms with Crippen molar-refractivity contribution >= 4 is 28.8 Å². The normalized spacial score (nSPS) is 15.6. The van der Waals surface area contributed by atoms with Gasteiger partial charge >= 0.3 is 0 Å². The molecule has 0 spiro atoms. The number of hydrogen-bond acceptors (Lipinski definition) is 8. The van der Waals surface area contributed by atoms with Crippen LogP contribution in [0.1, 0.15) is 27.9 Å². The molecule has 4 heterocycles. The predicted octanol–water partition coefficient (Wildman–Crippen LogP) is 2.46. The van der Waals surface area contributed by atoms with E-state index < -0.39 is 11.6 Å². The number of nitrogens with two attached hydrogens (primary N) is 1. The standard InChI is InChI=1S/C23H20F2N8O/c24-18-2-1-3-19(20(18)25)33-22(29-30-31-33)17-12-16(13-28-21(17)26)14-6-10-32(11-7-14)23(34)15-4-8-27-9-5-15/h1-6,8-9,12-13,30-31H,7,10-11H2,(H2,26,28). The second kappa shape index (κ2) is 8.87. The van der Waals surface area contributed by atoms with Crippen molar-refractivity contribution in [1.29, 1.82) is 0 Å². The largest absolute Gasteiger partial charge is 0.383 e. The smallest absolute Gasteiger partial charge is 0.254 e. The second-order valence-corrected chi connectivity index (χ2v) is 7.69. The topological polar surface area (TPSA) is 112 Å². The number of amidine groups is 1. The van der Waals surface area contributed by atoms with Gasteiger partial charge in [0.25, 0.3) is 5.91 Å². The fourth-order valence-electron chi connectivity index (χ4n) is 3.87. The number of halogens is 2. The fourth-order valence-corrected chi connectivity index (χ4v) is 3.87. The first kappa shape index (κ1) is 21.5. The van der Waals surface area contributed by atoms with E-state index in [1.165, 1.54) is 17.1 Å². The van der Waals surface area contributed by atoms with Crippen molar-refractivity contribution in [3.05, 3.63) is 89.4 Å². The van der Waals surface area contributed by atoms with Gasteiger partial charge in [-0.15, -0.1) is 10.6 Å². The number of pyridine rings is 2. The highest BCUT2D eigenvalue weighted by Crippen LogP contribution is 2.28. The van der Waals surface area contributed by atoms with Crippen molar-refractivity contribution < 1.29 is 13.6 Å². The molecule has 1 aromatic carbocycles. The summed E-state index contributed by atoms with van der Waals surface area (Å²) in [6, 6.07) is 9.03. The quantitative estimate of drug-likeness (QED) is 0.546. The average Bonchev–Trinajstić information content (AvgIpc) is 3.36. The second-order valence-electron chi connectivity index (χ2n) is 7.69. The first-order valence-electron chi connectivity index (χ1n) is 10.5. The molecule has 4 N–H and O–H groups in total. The SMILES string of the molecule is Nc1ncc(C2=CCN(C(=O)c3ccncc3)CC2)cc1C1=NNNN1c1cccc(F)c1F. The molecule has 0 radical (unpaired) electrons. The van der Waals surface area contributed by atoms with Crippen molar-refractivity contribution in [3.63, 3.8) is 0 Å². The van der Waals surface area contributed by atoms with Crippen LogP contribution in [0.4, 0.5) is 20.3 Å². The minimum absolute atomic E-state index is 0.0564. The Hall–Kier alpha value is -4.38. The molecule has 0 atom stereocenters. The van der Waals surface area contributed by atoms with Crippen molar-refractivity contribution in [2.75, 3.05) is 23.8 Å². The van der Waals surface area contributed by atoms with Crippen molar-refractivity contribution in [2.24, 2.45) is 5.10 Å². The van der Waals surface area contributed by atoms with Crippen LogP contribution in [0.5, 0.6) is 0 Å². The monoisotopic (exact) mass is 462 g/mol. The Kier molecular flexibility index (Phi) is 5.60. The maximum Gasteiger partial charge on any atom is 0.254 e. The Morgan fingerprint density at radius 3 is 2.74 bits per heavy atom. The maximum atomic E-state index is 14.4. The van der Waals surface area contributed by atoms with Gasteiger partial charge in [0.2, 0.25) is 0 Å². The van der Waals surface area contributed by atoms with Gasteiger partial charge in [0.15, 0.2) is 17.5 Å². The van der Waals surface area contributed by atoms with Crippen LogP contribution in [-0.4, -0.2) is 39.7 Å². The van der Waals surface area contributed by atoms with Crippen LogP contribution < -0.4 is 21.8 Å². The number of hydrazone groups is 1. The molecule has 0 aliphatic carbocycles. The molecule has 2 aliphatic heterocycles. The van der Waals surface area contributed by atoms with Crippen LogP contribution in [0.15, 0.2) is 66.2 Å². The molecule has 2 aliphatic rings. The van der Waals surface area contributed by atoms with Crippen LogP contribution in [0, 0.1) is 11.6 Å². The Morgan fingerprint density at radius 2 is 1.97 bits per heavy atom. The lowest BCUT2D eigenvalue weighted by Crippen LogP contribution is -2.42. The zero-order valence-electron chi connectivity index (χ0n) is 17.9. The lowest BCUT2D eigenvalue weighted by atomic mass is 9.98. The molecule has 0 saturated carbocycles. The van der Waals surface area contributed by atoms with Gasteiger partial charge < -0.3 is 10.6 Å². The van der Waals surface area contributed by atoms with Crippen LogP contribution in [0.25, 0.3) is 5.57 Å². The Labute approximate surface area is 193 Å². The number of carbonyl (C=O) groups excluding carboxylic acids is 1. The summed E-state index contributed by atoms with van der Waals surface area (Å²) in [5.41, 5.74) is 14.1. The number of aromatic nitrogens is 2. The van der Waals surface area contributed by atoms with Gasteiger partial charge in [-0.05, 0) is 47.9 Å². The van der Waals surface area contributed by atoms with E-state index in [-0.39, 0.29) is 23.2 Å². The lowest BCUT2D eigenvalue weighted by Gasteiger charge is -2.27. The number of amides is 1. The van der Waals surface area contributed by atoms with Gasteiger partial charge in [-0.2, -0.15) is 0 Å². The Bertz CT molecular complexity index is 1310. The minimum atomic E-state index is -1.02. The predicted molar refractivity (Wildman–Crippen MR) is 123 cm³/mol. The van der Waals surface area contributed by atoms with E-state index >= 15 is 0 Å². The number of benzene rings is 1. The highest BCUT2D eigenvalue weighted by atomic mass is 19.2. The van der Waals surface area contributed by atoms with Gasteiger partial charge in [0, 0.05) is 37.2 Å². The van der Waals surface area contributed by atoms with Gasteiger partial charge in [-0.3, -0.25) is 9.78 Å². The fraction of sp³-hybridized carbons (Fsp3) is 0.130. The third kappa shape index (κ3) is 3.92. The van der Waals surface area contributed by atoms with E-state index in [2.05, 4.69) is 26.1 Å².